The van der Waals surface area contributed by atoms with Crippen LogP contribution in [0.2, 0.25) is 0 Å². The number of nitriles is 2. The summed E-state index contributed by atoms with van der Waals surface area (Å²) in [7, 11) is 3.33. The van der Waals surface area contributed by atoms with Crippen molar-refractivity contribution in [1.82, 2.24) is 4.98 Å². The van der Waals surface area contributed by atoms with E-state index in [1.54, 1.807) is 20.4 Å². The van der Waals surface area contributed by atoms with Gasteiger partial charge in [-0.1, -0.05) is 24.8 Å². The summed E-state index contributed by atoms with van der Waals surface area (Å²) in [5.41, 5.74) is 2.96. The van der Waals surface area contributed by atoms with Gasteiger partial charge in [0.05, 0.1) is 12.2 Å². The van der Waals surface area contributed by atoms with Crippen molar-refractivity contribution in [2.24, 2.45) is 4.99 Å². The zero-order chi connectivity index (χ0) is 24.3. The van der Waals surface area contributed by atoms with Gasteiger partial charge in [0.2, 0.25) is 0 Å². The number of ether oxygens (including phenoxy) is 2. The third-order valence-corrected chi connectivity index (χ3v) is 6.05. The molecule has 1 N–H and O–H groups in total. The highest BCUT2D eigenvalue weighted by Gasteiger charge is 2.27. The van der Waals surface area contributed by atoms with E-state index in [0.717, 1.165) is 24.0 Å². The third kappa shape index (κ3) is 6.71. The minimum atomic E-state index is 0.307. The number of anilines is 1. The van der Waals surface area contributed by atoms with Crippen molar-refractivity contribution in [1.29, 1.82) is 10.5 Å². The Hall–Kier alpha value is -3.59. The van der Waals surface area contributed by atoms with Crippen LogP contribution in [-0.2, 0) is 4.74 Å². The van der Waals surface area contributed by atoms with Crippen LogP contribution < -0.4 is 10.1 Å². The van der Waals surface area contributed by atoms with Gasteiger partial charge in [0.25, 0.3) is 0 Å². The maximum atomic E-state index is 10.1. The zero-order valence-electron chi connectivity index (χ0n) is 19.4. The Labute approximate surface area is 204 Å². The summed E-state index contributed by atoms with van der Waals surface area (Å²) in [5.74, 6) is 1.76. The van der Waals surface area contributed by atoms with E-state index in [-0.39, 0.29) is 0 Å². The van der Waals surface area contributed by atoms with Gasteiger partial charge in [-0.25, -0.2) is 4.98 Å². The lowest BCUT2D eigenvalue weighted by Gasteiger charge is -2.16. The third-order valence-electron chi connectivity index (χ3n) is 4.97. The van der Waals surface area contributed by atoms with Gasteiger partial charge in [-0.3, -0.25) is 4.99 Å². The first-order valence-electron chi connectivity index (χ1n) is 10.9. The van der Waals surface area contributed by atoms with Gasteiger partial charge in [-0.15, -0.1) is 11.8 Å². The molecule has 1 aromatic carbocycles. The van der Waals surface area contributed by atoms with Crippen LogP contribution in [0.1, 0.15) is 24.0 Å². The average Bonchev–Trinajstić information content (AvgIpc) is 3.67. The Bertz CT molecular complexity index is 1160. The van der Waals surface area contributed by atoms with E-state index in [0.29, 0.717) is 58.3 Å². The summed E-state index contributed by atoms with van der Waals surface area (Å²) in [6, 6.07) is 12.3. The first-order valence-corrected chi connectivity index (χ1v) is 11.9. The molecule has 1 fully saturated rings. The quantitative estimate of drug-likeness (QED) is 0.200. The van der Waals surface area contributed by atoms with Crippen molar-refractivity contribution >= 4 is 23.8 Å². The second kappa shape index (κ2) is 12.6. The van der Waals surface area contributed by atoms with Gasteiger partial charge in [0, 0.05) is 37.7 Å². The predicted molar refractivity (Wildman–Crippen MR) is 137 cm³/mol. The number of nitrogens with one attached hydrogen (secondary N) is 1. The average molecular weight is 474 g/mol. The molecule has 1 aliphatic rings. The van der Waals surface area contributed by atoms with E-state index in [4.69, 9.17) is 14.5 Å². The molecule has 0 atom stereocenters. The molecule has 174 valence electrons. The second-order valence-electron chi connectivity index (χ2n) is 7.61. The molecule has 2 aromatic rings. The van der Waals surface area contributed by atoms with Crippen LogP contribution in [0.5, 0.6) is 5.75 Å². The molecule has 1 saturated carbocycles. The summed E-state index contributed by atoms with van der Waals surface area (Å²) in [4.78, 5) is 8.61. The van der Waals surface area contributed by atoms with Crippen LogP contribution in [-0.4, -0.2) is 50.4 Å². The lowest BCUT2D eigenvalue weighted by molar-refractivity contribution is 0.146. The maximum absolute atomic E-state index is 10.1. The smallest absolute Gasteiger partial charge is 0.146 e. The molecule has 1 aromatic heterocycles. The van der Waals surface area contributed by atoms with E-state index >= 15 is 0 Å². The van der Waals surface area contributed by atoms with Crippen LogP contribution in [0.25, 0.3) is 11.1 Å². The fraction of sp³-hybridized carbons (Fsp3) is 0.308. The fourth-order valence-electron chi connectivity index (χ4n) is 3.13. The first-order chi connectivity index (χ1) is 16.6. The summed E-state index contributed by atoms with van der Waals surface area (Å²) in [6.07, 6.45) is 7.47. The van der Waals surface area contributed by atoms with Crippen LogP contribution in [0.3, 0.4) is 0 Å². The predicted octanol–water partition coefficient (Wildman–Crippen LogP) is 5.00. The van der Waals surface area contributed by atoms with Gasteiger partial charge in [-0.05, 0) is 42.2 Å². The molecular weight excluding hydrogens is 446 g/mol. The van der Waals surface area contributed by atoms with Gasteiger partial charge in [0.15, 0.2) is 0 Å². The lowest BCUT2D eigenvalue weighted by atomic mass is 9.96. The number of benzene rings is 1. The molecule has 0 radical (unpaired) electrons. The summed E-state index contributed by atoms with van der Waals surface area (Å²) in [5, 5.41) is 24.0. The van der Waals surface area contributed by atoms with E-state index in [1.807, 2.05) is 36.4 Å². The summed E-state index contributed by atoms with van der Waals surface area (Å²) < 4.78 is 10.7. The standard InChI is InChI=1S/C26H27N5O2S/c1-18(5-4-12-29-2)17-34-26-23(16-28)24(22(15-27)25(31-26)30-20-8-9-20)19-6-10-21(11-7-19)33-14-13-32-3/h4-7,10-12,20H,1,8-9,13-14,17H2,2-3H3,(H,30,31)/b5-4-,29-12?. The molecule has 0 unspecified atom stereocenters. The molecule has 3 rings (SSSR count). The van der Waals surface area contributed by atoms with Crippen molar-refractivity contribution in [3.63, 3.8) is 0 Å². The molecule has 1 aliphatic carbocycles. The Kier molecular flexibility index (Phi) is 9.28. The minimum absolute atomic E-state index is 0.307. The number of rotatable bonds is 12. The van der Waals surface area contributed by atoms with Gasteiger partial charge in [0.1, 0.15) is 40.9 Å². The fourth-order valence-corrected chi connectivity index (χ4v) is 4.00. The first kappa shape index (κ1) is 25.0. The number of methoxy groups -OCH3 is 1. The molecule has 34 heavy (non-hydrogen) atoms. The Morgan fingerprint density at radius 1 is 1.24 bits per heavy atom. The number of allylic oxidation sites excluding steroid dienone is 2. The Morgan fingerprint density at radius 2 is 1.97 bits per heavy atom. The second-order valence-corrected chi connectivity index (χ2v) is 8.58. The van der Waals surface area contributed by atoms with Crippen molar-refractivity contribution in [2.75, 3.05) is 38.4 Å². The molecule has 0 spiro atoms. The van der Waals surface area contributed by atoms with Crippen LogP contribution in [0.15, 0.2) is 58.6 Å². The van der Waals surface area contributed by atoms with Crippen LogP contribution in [0, 0.1) is 22.7 Å². The zero-order valence-corrected chi connectivity index (χ0v) is 20.2. The van der Waals surface area contributed by atoms with Crippen LogP contribution in [0.4, 0.5) is 5.82 Å². The van der Waals surface area contributed by atoms with Crippen molar-refractivity contribution < 1.29 is 9.47 Å². The van der Waals surface area contributed by atoms with E-state index in [1.165, 1.54) is 11.8 Å². The summed E-state index contributed by atoms with van der Waals surface area (Å²) >= 11 is 1.43. The van der Waals surface area contributed by atoms with Crippen molar-refractivity contribution in [3.8, 4) is 29.0 Å². The van der Waals surface area contributed by atoms with Crippen molar-refractivity contribution in [2.45, 2.75) is 23.9 Å². The van der Waals surface area contributed by atoms with Crippen LogP contribution >= 0.6 is 11.8 Å². The monoisotopic (exact) mass is 473 g/mol. The Balaban J connectivity index is 1.99. The van der Waals surface area contributed by atoms with Crippen molar-refractivity contribution in [3.05, 3.63) is 59.7 Å². The molecule has 8 heteroatoms. The number of aliphatic imine (C=N–C) groups is 1. The Morgan fingerprint density at radius 3 is 2.59 bits per heavy atom. The topological polar surface area (TPSA) is 103 Å². The summed E-state index contributed by atoms with van der Waals surface area (Å²) in [6.45, 7) is 4.99. The minimum Gasteiger partial charge on any atom is -0.491 e. The van der Waals surface area contributed by atoms with E-state index in [9.17, 15) is 10.5 Å². The maximum Gasteiger partial charge on any atom is 0.146 e. The largest absolute Gasteiger partial charge is 0.491 e. The number of aromatic nitrogens is 1. The highest BCUT2D eigenvalue weighted by Crippen LogP contribution is 2.39. The molecule has 0 aliphatic heterocycles. The number of pyridine rings is 1. The molecule has 1 heterocycles. The molecule has 0 bridgehead atoms. The molecular formula is C26H27N5O2S. The number of nitrogens with zero attached hydrogens (tertiary/aromatic N) is 4. The number of hydrogen-bond acceptors (Lipinski definition) is 8. The van der Waals surface area contributed by atoms with E-state index < -0.39 is 0 Å². The number of hydrogen-bond donors (Lipinski definition) is 1. The van der Waals surface area contributed by atoms with Gasteiger partial charge in [-0.2, -0.15) is 10.5 Å². The van der Waals surface area contributed by atoms with E-state index in [2.05, 4.69) is 29.0 Å². The highest BCUT2D eigenvalue weighted by atomic mass is 32.2. The van der Waals surface area contributed by atoms with Gasteiger partial charge < -0.3 is 14.8 Å². The highest BCUT2D eigenvalue weighted by molar-refractivity contribution is 7.99. The number of thioether (sulfide) groups is 1. The SMILES string of the molecule is C=C(/C=C\C=NC)CSc1nc(NC2CC2)c(C#N)c(-c2ccc(OCCOC)cc2)c1C#N. The molecule has 0 amide bonds. The van der Waals surface area contributed by atoms with Gasteiger partial charge >= 0.3 is 0 Å². The normalized spacial score (nSPS) is 13.1. The molecule has 7 nitrogen and oxygen atoms in total. The lowest BCUT2D eigenvalue weighted by Crippen LogP contribution is -2.09. The molecule has 0 saturated heterocycles.